The molecule has 0 aliphatic carbocycles. The van der Waals surface area contributed by atoms with Gasteiger partial charge in [-0.3, -0.25) is 14.4 Å². The highest BCUT2D eigenvalue weighted by Gasteiger charge is 2.29. The first-order valence-corrected chi connectivity index (χ1v) is 5.47. The topological polar surface area (TPSA) is 38.8 Å². The van der Waals surface area contributed by atoms with E-state index in [9.17, 15) is 18.0 Å². The van der Waals surface area contributed by atoms with Crippen molar-refractivity contribution in [2.75, 3.05) is 32.8 Å². The summed E-state index contributed by atoms with van der Waals surface area (Å²) < 4.78 is 43.6. The van der Waals surface area contributed by atoms with Crippen molar-refractivity contribution < 1.29 is 27.4 Å². The van der Waals surface area contributed by atoms with Gasteiger partial charge in [-0.15, -0.1) is 13.2 Å². The van der Waals surface area contributed by atoms with Crippen molar-refractivity contribution in [1.29, 1.82) is 0 Å². The second kappa shape index (κ2) is 8.30. The number of rotatable bonds is 8. The summed E-state index contributed by atoms with van der Waals surface area (Å²) in [5.74, 6) is -0.437. The minimum absolute atomic E-state index is 0.0110. The summed E-state index contributed by atoms with van der Waals surface area (Å²) in [6.45, 7) is 3.90. The van der Waals surface area contributed by atoms with Gasteiger partial charge in [0.25, 0.3) is 0 Å². The molecular weight excluding hydrogens is 239 g/mol. The van der Waals surface area contributed by atoms with Gasteiger partial charge in [-0.2, -0.15) is 0 Å². The molecule has 0 unspecified atom stereocenters. The van der Waals surface area contributed by atoms with Gasteiger partial charge in [0.05, 0.1) is 19.8 Å². The van der Waals surface area contributed by atoms with Crippen LogP contribution < -0.4 is 0 Å². The van der Waals surface area contributed by atoms with Crippen molar-refractivity contribution in [3.05, 3.63) is 0 Å². The minimum atomic E-state index is -4.62. The number of esters is 1. The molecule has 17 heavy (non-hydrogen) atoms. The van der Waals surface area contributed by atoms with E-state index in [1.807, 2.05) is 6.92 Å². The molecule has 7 heteroatoms. The zero-order valence-corrected chi connectivity index (χ0v) is 10.0. The number of nitrogens with zero attached hydrogens (tertiary/aromatic N) is 1. The van der Waals surface area contributed by atoms with Crippen LogP contribution in [-0.2, 0) is 14.3 Å². The summed E-state index contributed by atoms with van der Waals surface area (Å²) in [6, 6.07) is 0. The van der Waals surface area contributed by atoms with E-state index in [4.69, 9.17) is 4.74 Å². The molecule has 0 bridgehead atoms. The van der Waals surface area contributed by atoms with E-state index in [2.05, 4.69) is 4.74 Å². The van der Waals surface area contributed by atoms with Crippen molar-refractivity contribution in [3.63, 3.8) is 0 Å². The van der Waals surface area contributed by atoms with Crippen LogP contribution in [0.4, 0.5) is 13.2 Å². The van der Waals surface area contributed by atoms with Crippen LogP contribution in [0, 0.1) is 0 Å². The summed E-state index contributed by atoms with van der Waals surface area (Å²) in [6.07, 6.45) is -3.88. The Morgan fingerprint density at radius 2 is 1.88 bits per heavy atom. The van der Waals surface area contributed by atoms with Crippen LogP contribution in [0.5, 0.6) is 0 Å². The Kier molecular flexibility index (Phi) is 7.90. The van der Waals surface area contributed by atoms with Crippen molar-refractivity contribution >= 4 is 5.97 Å². The lowest BCUT2D eigenvalue weighted by molar-refractivity contribution is -0.324. The molecule has 0 aliphatic rings. The van der Waals surface area contributed by atoms with E-state index in [0.29, 0.717) is 6.54 Å². The van der Waals surface area contributed by atoms with E-state index in [-0.39, 0.29) is 19.7 Å². The van der Waals surface area contributed by atoms with Gasteiger partial charge in [-0.25, -0.2) is 0 Å². The molecule has 102 valence electrons. The summed E-state index contributed by atoms with van der Waals surface area (Å²) >= 11 is 0. The quantitative estimate of drug-likeness (QED) is 0.621. The highest BCUT2D eigenvalue weighted by Crippen LogP contribution is 2.15. The number of carbonyl (C=O) groups is 1. The Morgan fingerprint density at radius 1 is 1.24 bits per heavy atom. The third-order valence-electron chi connectivity index (χ3n) is 1.87. The summed E-state index contributed by atoms with van der Waals surface area (Å²) in [4.78, 5) is 12.7. The van der Waals surface area contributed by atoms with E-state index in [1.165, 1.54) is 0 Å². The first kappa shape index (κ1) is 16.2. The maximum absolute atomic E-state index is 11.7. The fraction of sp³-hybridized carbons (Fsp3) is 0.900. The maximum atomic E-state index is 11.7. The molecule has 4 nitrogen and oxygen atoms in total. The molecule has 0 fully saturated rings. The van der Waals surface area contributed by atoms with Gasteiger partial charge in [0.1, 0.15) is 0 Å². The minimum Gasteiger partial charge on any atom is -0.465 e. The van der Waals surface area contributed by atoms with Crippen LogP contribution in [-0.4, -0.2) is 50.1 Å². The van der Waals surface area contributed by atoms with Crippen LogP contribution in [0.25, 0.3) is 0 Å². The summed E-state index contributed by atoms with van der Waals surface area (Å²) in [5.41, 5.74) is 0. The van der Waals surface area contributed by atoms with Gasteiger partial charge in [-0.1, -0.05) is 6.92 Å². The van der Waals surface area contributed by atoms with Gasteiger partial charge in [0.2, 0.25) is 0 Å². The molecule has 0 heterocycles. The lowest BCUT2D eigenvalue weighted by Crippen LogP contribution is -2.35. The normalized spacial score (nSPS) is 11.9. The van der Waals surface area contributed by atoms with Gasteiger partial charge in [0, 0.05) is 6.54 Å². The molecular formula is C10H18F3NO3. The second-order valence-electron chi connectivity index (χ2n) is 3.38. The SMILES string of the molecule is CCCN(CCOC(F)(F)F)CC(=O)OCC. The van der Waals surface area contributed by atoms with Crippen LogP contribution in [0.2, 0.25) is 0 Å². The molecule has 0 radical (unpaired) electrons. The first-order valence-electron chi connectivity index (χ1n) is 5.47. The van der Waals surface area contributed by atoms with Crippen molar-refractivity contribution in [3.8, 4) is 0 Å². The molecule has 0 aromatic rings. The molecule has 0 atom stereocenters. The highest BCUT2D eigenvalue weighted by atomic mass is 19.4. The molecule has 0 N–H and O–H groups in total. The molecule has 0 aromatic carbocycles. The third-order valence-corrected chi connectivity index (χ3v) is 1.87. The fourth-order valence-corrected chi connectivity index (χ4v) is 1.27. The van der Waals surface area contributed by atoms with E-state index in [0.717, 1.165) is 6.42 Å². The van der Waals surface area contributed by atoms with Crippen LogP contribution in [0.15, 0.2) is 0 Å². The van der Waals surface area contributed by atoms with Crippen molar-refractivity contribution in [2.45, 2.75) is 26.6 Å². The van der Waals surface area contributed by atoms with Crippen molar-refractivity contribution in [1.82, 2.24) is 4.90 Å². The second-order valence-corrected chi connectivity index (χ2v) is 3.38. The molecule has 0 saturated heterocycles. The molecule has 0 aromatic heterocycles. The Labute approximate surface area is 98.7 Å². The van der Waals surface area contributed by atoms with Gasteiger partial charge in [-0.05, 0) is 19.9 Å². The average Bonchev–Trinajstić information content (AvgIpc) is 2.16. The highest BCUT2D eigenvalue weighted by molar-refractivity contribution is 5.71. The van der Waals surface area contributed by atoms with Gasteiger partial charge >= 0.3 is 12.3 Å². The Hall–Kier alpha value is -0.820. The molecule has 0 rings (SSSR count). The number of hydrogen-bond acceptors (Lipinski definition) is 4. The molecule has 0 amide bonds. The zero-order chi connectivity index (χ0) is 13.3. The van der Waals surface area contributed by atoms with Gasteiger partial charge in [0.15, 0.2) is 0 Å². The lowest BCUT2D eigenvalue weighted by atomic mass is 10.4. The first-order chi connectivity index (χ1) is 7.89. The average molecular weight is 257 g/mol. The third kappa shape index (κ3) is 10.1. The number of hydrogen-bond donors (Lipinski definition) is 0. The van der Waals surface area contributed by atoms with Crippen LogP contribution >= 0.6 is 0 Å². The Balaban J connectivity index is 3.93. The number of halogens is 3. The molecule has 0 saturated carbocycles. The van der Waals surface area contributed by atoms with Crippen molar-refractivity contribution in [2.24, 2.45) is 0 Å². The number of ether oxygens (including phenoxy) is 2. The predicted octanol–water partition coefficient (Wildman–Crippen LogP) is 1.80. The van der Waals surface area contributed by atoms with Gasteiger partial charge < -0.3 is 4.74 Å². The summed E-state index contributed by atoms with van der Waals surface area (Å²) in [5, 5.41) is 0. The zero-order valence-electron chi connectivity index (χ0n) is 10.0. The smallest absolute Gasteiger partial charge is 0.465 e. The molecule has 0 aliphatic heterocycles. The predicted molar refractivity (Wildman–Crippen MR) is 55.4 cm³/mol. The largest absolute Gasteiger partial charge is 0.522 e. The standard InChI is InChI=1S/C10H18F3NO3/c1-3-5-14(8-9(15)16-4-2)6-7-17-10(11,12)13/h3-8H2,1-2H3. The van der Waals surface area contributed by atoms with E-state index in [1.54, 1.807) is 11.8 Å². The van der Waals surface area contributed by atoms with E-state index >= 15 is 0 Å². The fourth-order valence-electron chi connectivity index (χ4n) is 1.27. The molecule has 0 spiro atoms. The summed E-state index contributed by atoms with van der Waals surface area (Å²) in [7, 11) is 0. The monoisotopic (exact) mass is 257 g/mol. The number of alkyl halides is 3. The van der Waals surface area contributed by atoms with Crippen LogP contribution in [0.1, 0.15) is 20.3 Å². The lowest BCUT2D eigenvalue weighted by Gasteiger charge is -2.20. The maximum Gasteiger partial charge on any atom is 0.522 e. The van der Waals surface area contributed by atoms with E-state index < -0.39 is 18.9 Å². The Bertz CT molecular complexity index is 221. The van der Waals surface area contributed by atoms with Crippen LogP contribution in [0.3, 0.4) is 0 Å². The number of carbonyl (C=O) groups excluding carboxylic acids is 1. The Morgan fingerprint density at radius 3 is 2.35 bits per heavy atom.